The zero-order valence-electron chi connectivity index (χ0n) is 16.2. The standard InChI is InChI=1S/C20H22N2O6/c1-20(2,3)28-19(23)21(4)17-11-14(7-8-16(17)22(24)25)27-15-6-5-13-9-10-26-18(13)12-15/h5-8,11-12H,9-10H2,1-4H3. The summed E-state index contributed by atoms with van der Waals surface area (Å²) < 4.78 is 16.7. The number of hydrogen-bond donors (Lipinski definition) is 0. The summed E-state index contributed by atoms with van der Waals surface area (Å²) >= 11 is 0. The van der Waals surface area contributed by atoms with Crippen LogP contribution < -0.4 is 14.4 Å². The molecule has 0 saturated carbocycles. The molecule has 28 heavy (non-hydrogen) atoms. The second kappa shape index (κ2) is 7.38. The molecule has 0 spiro atoms. The average Bonchev–Trinajstić information content (AvgIpc) is 3.07. The highest BCUT2D eigenvalue weighted by atomic mass is 16.6. The molecule has 1 amide bonds. The fourth-order valence-electron chi connectivity index (χ4n) is 2.76. The van der Waals surface area contributed by atoms with Gasteiger partial charge in [-0.05, 0) is 38.5 Å². The van der Waals surface area contributed by atoms with E-state index < -0.39 is 16.6 Å². The van der Waals surface area contributed by atoms with Crippen LogP contribution in [-0.2, 0) is 11.2 Å². The summed E-state index contributed by atoms with van der Waals surface area (Å²) in [6.45, 7) is 5.81. The summed E-state index contributed by atoms with van der Waals surface area (Å²) in [6, 6.07) is 9.74. The van der Waals surface area contributed by atoms with Crippen molar-refractivity contribution in [2.45, 2.75) is 32.8 Å². The van der Waals surface area contributed by atoms with Crippen molar-refractivity contribution < 1.29 is 23.9 Å². The van der Waals surface area contributed by atoms with Crippen molar-refractivity contribution in [1.29, 1.82) is 0 Å². The molecule has 0 atom stereocenters. The van der Waals surface area contributed by atoms with Crippen LogP contribution in [0.4, 0.5) is 16.2 Å². The Hall–Kier alpha value is -3.29. The number of fused-ring (bicyclic) bond motifs is 1. The Morgan fingerprint density at radius 2 is 1.86 bits per heavy atom. The maximum atomic E-state index is 12.4. The van der Waals surface area contributed by atoms with Gasteiger partial charge in [0.15, 0.2) is 0 Å². The lowest BCUT2D eigenvalue weighted by Gasteiger charge is -2.24. The van der Waals surface area contributed by atoms with E-state index in [0.29, 0.717) is 18.1 Å². The Balaban J connectivity index is 1.89. The highest BCUT2D eigenvalue weighted by molar-refractivity contribution is 5.90. The van der Waals surface area contributed by atoms with Gasteiger partial charge in [-0.3, -0.25) is 15.0 Å². The predicted molar refractivity (Wildman–Crippen MR) is 103 cm³/mol. The Morgan fingerprint density at radius 3 is 2.54 bits per heavy atom. The minimum absolute atomic E-state index is 0.0779. The van der Waals surface area contributed by atoms with Crippen molar-refractivity contribution in [3.63, 3.8) is 0 Å². The first-order valence-electron chi connectivity index (χ1n) is 8.83. The van der Waals surface area contributed by atoms with Crippen LogP contribution in [0.25, 0.3) is 0 Å². The summed E-state index contributed by atoms with van der Waals surface area (Å²) in [5.41, 5.74) is 0.243. The lowest BCUT2D eigenvalue weighted by atomic mass is 10.1. The van der Waals surface area contributed by atoms with E-state index in [4.69, 9.17) is 14.2 Å². The first kappa shape index (κ1) is 19.5. The molecule has 0 aromatic heterocycles. The third kappa shape index (κ3) is 4.33. The number of nitro groups is 1. The minimum Gasteiger partial charge on any atom is -0.493 e. The Morgan fingerprint density at radius 1 is 1.18 bits per heavy atom. The topological polar surface area (TPSA) is 91.1 Å². The van der Waals surface area contributed by atoms with Gasteiger partial charge in [0.25, 0.3) is 5.69 Å². The molecule has 3 rings (SSSR count). The van der Waals surface area contributed by atoms with Crippen molar-refractivity contribution in [1.82, 2.24) is 0 Å². The summed E-state index contributed by atoms with van der Waals surface area (Å²) in [5, 5.41) is 11.4. The van der Waals surface area contributed by atoms with Crippen molar-refractivity contribution in [3.8, 4) is 17.2 Å². The van der Waals surface area contributed by atoms with Gasteiger partial charge < -0.3 is 14.2 Å². The zero-order valence-corrected chi connectivity index (χ0v) is 16.2. The van der Waals surface area contributed by atoms with Crippen LogP contribution in [0.1, 0.15) is 26.3 Å². The molecule has 0 N–H and O–H groups in total. The van der Waals surface area contributed by atoms with Crippen molar-refractivity contribution in [2.75, 3.05) is 18.6 Å². The molecule has 1 aliphatic rings. The van der Waals surface area contributed by atoms with Crippen LogP contribution in [0.3, 0.4) is 0 Å². The van der Waals surface area contributed by atoms with E-state index in [1.165, 1.54) is 25.2 Å². The van der Waals surface area contributed by atoms with Gasteiger partial charge in [-0.1, -0.05) is 6.07 Å². The van der Waals surface area contributed by atoms with Crippen LogP contribution in [0.5, 0.6) is 17.2 Å². The van der Waals surface area contributed by atoms with Crippen LogP contribution in [0.15, 0.2) is 36.4 Å². The summed E-state index contributed by atoms with van der Waals surface area (Å²) in [5.74, 6) is 1.67. The van der Waals surface area contributed by atoms with Gasteiger partial charge in [0.1, 0.15) is 28.5 Å². The summed E-state index contributed by atoms with van der Waals surface area (Å²) in [4.78, 5) is 24.3. The predicted octanol–water partition coefficient (Wildman–Crippen LogP) is 4.69. The lowest BCUT2D eigenvalue weighted by molar-refractivity contribution is -0.384. The van der Waals surface area contributed by atoms with Crippen LogP contribution in [0, 0.1) is 10.1 Å². The normalized spacial score (nSPS) is 12.7. The van der Waals surface area contributed by atoms with Crippen molar-refractivity contribution in [3.05, 3.63) is 52.1 Å². The Kier molecular flexibility index (Phi) is 5.13. The van der Waals surface area contributed by atoms with E-state index in [2.05, 4.69) is 0 Å². The number of ether oxygens (including phenoxy) is 3. The molecule has 0 radical (unpaired) electrons. The van der Waals surface area contributed by atoms with Crippen molar-refractivity contribution in [2.24, 2.45) is 0 Å². The number of nitrogens with zero attached hydrogens (tertiary/aromatic N) is 2. The second-order valence-electron chi connectivity index (χ2n) is 7.42. The highest BCUT2D eigenvalue weighted by Crippen LogP contribution is 2.36. The monoisotopic (exact) mass is 386 g/mol. The van der Waals surface area contributed by atoms with Gasteiger partial charge in [0.2, 0.25) is 0 Å². The van der Waals surface area contributed by atoms with E-state index >= 15 is 0 Å². The van der Waals surface area contributed by atoms with Gasteiger partial charge in [0.05, 0.1) is 11.5 Å². The fourth-order valence-corrected chi connectivity index (χ4v) is 2.76. The molecule has 1 heterocycles. The van der Waals surface area contributed by atoms with Gasteiger partial charge in [-0.25, -0.2) is 4.79 Å². The van der Waals surface area contributed by atoms with Crippen LogP contribution in [-0.4, -0.2) is 30.3 Å². The third-order valence-electron chi connectivity index (χ3n) is 4.08. The second-order valence-corrected chi connectivity index (χ2v) is 7.42. The molecular formula is C20H22N2O6. The zero-order chi connectivity index (χ0) is 20.5. The number of hydrogen-bond acceptors (Lipinski definition) is 6. The first-order chi connectivity index (χ1) is 13.1. The smallest absolute Gasteiger partial charge is 0.414 e. The molecule has 0 aliphatic carbocycles. The Labute approximate surface area is 162 Å². The van der Waals surface area contributed by atoms with Crippen LogP contribution in [0.2, 0.25) is 0 Å². The molecule has 0 saturated heterocycles. The van der Waals surface area contributed by atoms with E-state index in [9.17, 15) is 14.9 Å². The van der Waals surface area contributed by atoms with E-state index in [1.807, 2.05) is 12.1 Å². The van der Waals surface area contributed by atoms with Gasteiger partial charge >= 0.3 is 6.09 Å². The number of anilines is 1. The maximum absolute atomic E-state index is 12.4. The first-order valence-corrected chi connectivity index (χ1v) is 8.83. The number of benzene rings is 2. The van der Waals surface area contributed by atoms with Crippen molar-refractivity contribution >= 4 is 17.5 Å². The minimum atomic E-state index is -0.724. The number of rotatable bonds is 4. The van der Waals surface area contributed by atoms with Gasteiger partial charge in [0, 0.05) is 31.7 Å². The van der Waals surface area contributed by atoms with Gasteiger partial charge in [-0.2, -0.15) is 0 Å². The van der Waals surface area contributed by atoms with E-state index in [0.717, 1.165) is 22.6 Å². The molecule has 0 bridgehead atoms. The fraction of sp³-hybridized carbons (Fsp3) is 0.350. The number of carbonyl (C=O) groups excluding carboxylic acids is 1. The number of amides is 1. The lowest BCUT2D eigenvalue weighted by Crippen LogP contribution is -2.34. The van der Waals surface area contributed by atoms with E-state index in [-0.39, 0.29) is 11.4 Å². The quantitative estimate of drug-likeness (QED) is 0.559. The van der Waals surface area contributed by atoms with E-state index in [1.54, 1.807) is 26.8 Å². The molecule has 0 fully saturated rings. The summed E-state index contributed by atoms with van der Waals surface area (Å²) in [6.07, 6.45) is 0.163. The highest BCUT2D eigenvalue weighted by Gasteiger charge is 2.26. The molecule has 2 aromatic rings. The third-order valence-corrected chi connectivity index (χ3v) is 4.08. The molecule has 8 heteroatoms. The van der Waals surface area contributed by atoms with Gasteiger partial charge in [-0.15, -0.1) is 0 Å². The SMILES string of the molecule is CN(C(=O)OC(C)(C)C)c1cc(Oc2ccc3c(c2)OCC3)ccc1[N+](=O)[O-]. The average molecular weight is 386 g/mol. The molecule has 148 valence electrons. The Bertz CT molecular complexity index is 919. The summed E-state index contributed by atoms with van der Waals surface area (Å²) in [7, 11) is 1.42. The van der Waals surface area contributed by atoms with Crippen LogP contribution >= 0.6 is 0 Å². The molecule has 2 aromatic carbocycles. The molecule has 8 nitrogen and oxygen atoms in total. The molecular weight excluding hydrogens is 364 g/mol. The molecule has 0 unspecified atom stereocenters. The number of nitro benzene ring substituents is 1. The maximum Gasteiger partial charge on any atom is 0.414 e. The number of carbonyl (C=O) groups is 1. The largest absolute Gasteiger partial charge is 0.493 e. The molecule has 1 aliphatic heterocycles.